The number of carbonyl (C=O) groups excluding carboxylic acids is 1. The zero-order valence-corrected chi connectivity index (χ0v) is 20.1. The number of aromatic nitrogens is 1. The van der Waals surface area contributed by atoms with Gasteiger partial charge in [0.05, 0.1) is 30.1 Å². The van der Waals surface area contributed by atoms with E-state index in [1.54, 1.807) is 16.7 Å². The molecule has 0 bridgehead atoms. The highest BCUT2D eigenvalue weighted by molar-refractivity contribution is 7.98. The van der Waals surface area contributed by atoms with Crippen molar-refractivity contribution in [1.29, 1.82) is 0 Å². The average molecular weight is 484 g/mol. The third-order valence-corrected chi connectivity index (χ3v) is 5.94. The van der Waals surface area contributed by atoms with E-state index in [0.29, 0.717) is 42.5 Å². The minimum Gasteiger partial charge on any atom is -0.490 e. The number of piperidine rings is 1. The second kappa shape index (κ2) is 11.0. The van der Waals surface area contributed by atoms with Gasteiger partial charge in [-0.05, 0) is 38.3 Å². The van der Waals surface area contributed by atoms with Crippen molar-refractivity contribution < 1.29 is 23.4 Å². The maximum Gasteiger partial charge on any atom is 0.410 e. The van der Waals surface area contributed by atoms with Gasteiger partial charge < -0.3 is 24.4 Å². The van der Waals surface area contributed by atoms with E-state index in [1.165, 1.54) is 7.11 Å². The number of hydrogen-bond donors (Lipinski definition) is 1. The summed E-state index contributed by atoms with van der Waals surface area (Å²) in [5.41, 5.74) is 0.616. The first-order valence-electron chi connectivity index (χ1n) is 10.3. The van der Waals surface area contributed by atoms with Crippen LogP contribution in [0.3, 0.4) is 0 Å². The first-order chi connectivity index (χ1) is 15.3. The molecule has 10 heteroatoms. The van der Waals surface area contributed by atoms with Crippen molar-refractivity contribution in [3.8, 4) is 11.5 Å². The van der Waals surface area contributed by atoms with E-state index in [4.69, 9.17) is 25.8 Å². The SMILES string of the molecule is COc1c(Nc2ccc(SC)cc2Cl)ncc(F)c1OC1CCN(C(=O)OC(C)C)CC1. The molecule has 0 unspecified atom stereocenters. The molecule has 1 saturated heterocycles. The van der Waals surface area contributed by atoms with E-state index in [9.17, 15) is 9.18 Å². The Morgan fingerprint density at radius 1 is 1.31 bits per heavy atom. The second-order valence-corrected chi connectivity index (χ2v) is 8.81. The molecule has 3 rings (SSSR count). The van der Waals surface area contributed by atoms with E-state index in [-0.39, 0.29) is 29.8 Å². The Labute approximate surface area is 196 Å². The highest BCUT2D eigenvalue weighted by atomic mass is 35.5. The Morgan fingerprint density at radius 3 is 2.62 bits per heavy atom. The molecule has 0 aliphatic carbocycles. The van der Waals surface area contributed by atoms with E-state index in [1.807, 2.05) is 38.3 Å². The van der Waals surface area contributed by atoms with Gasteiger partial charge in [-0.25, -0.2) is 14.2 Å². The number of hydrogen-bond acceptors (Lipinski definition) is 7. The third-order valence-electron chi connectivity index (χ3n) is 4.90. The lowest BCUT2D eigenvalue weighted by atomic mass is 10.1. The number of anilines is 2. The molecule has 2 heterocycles. The number of methoxy groups -OCH3 is 1. The summed E-state index contributed by atoms with van der Waals surface area (Å²) < 4.78 is 31.3. The number of amides is 1. The van der Waals surface area contributed by atoms with Crippen molar-refractivity contribution in [1.82, 2.24) is 9.88 Å². The summed E-state index contributed by atoms with van der Waals surface area (Å²) >= 11 is 7.94. The van der Waals surface area contributed by atoms with Crippen LogP contribution in [0.1, 0.15) is 26.7 Å². The lowest BCUT2D eigenvalue weighted by Crippen LogP contribution is -2.42. The van der Waals surface area contributed by atoms with Crippen LogP contribution >= 0.6 is 23.4 Å². The molecule has 7 nitrogen and oxygen atoms in total. The smallest absolute Gasteiger partial charge is 0.410 e. The van der Waals surface area contributed by atoms with Crippen LogP contribution in [0.25, 0.3) is 0 Å². The Balaban J connectivity index is 1.73. The number of thioether (sulfide) groups is 1. The number of pyridine rings is 1. The molecule has 174 valence electrons. The Hall–Kier alpha value is -2.39. The van der Waals surface area contributed by atoms with Gasteiger partial charge in [0.15, 0.2) is 11.6 Å². The van der Waals surface area contributed by atoms with Crippen LogP contribution < -0.4 is 14.8 Å². The van der Waals surface area contributed by atoms with Gasteiger partial charge in [-0.3, -0.25) is 0 Å². The monoisotopic (exact) mass is 483 g/mol. The molecular weight excluding hydrogens is 457 g/mol. The fourth-order valence-electron chi connectivity index (χ4n) is 3.29. The Morgan fingerprint density at radius 2 is 2.03 bits per heavy atom. The molecule has 1 aromatic heterocycles. The van der Waals surface area contributed by atoms with Crippen LogP contribution in [0.5, 0.6) is 11.5 Å². The van der Waals surface area contributed by atoms with Crippen LogP contribution in [0, 0.1) is 5.82 Å². The van der Waals surface area contributed by atoms with Gasteiger partial charge in [0, 0.05) is 30.8 Å². The van der Waals surface area contributed by atoms with Crippen LogP contribution in [-0.2, 0) is 4.74 Å². The van der Waals surface area contributed by atoms with Gasteiger partial charge in [-0.15, -0.1) is 11.8 Å². The van der Waals surface area contributed by atoms with Crippen molar-refractivity contribution in [3.05, 3.63) is 35.2 Å². The zero-order valence-electron chi connectivity index (χ0n) is 18.5. The number of likely N-dealkylation sites (tertiary alicyclic amines) is 1. The molecule has 1 aromatic carbocycles. The molecule has 0 atom stereocenters. The number of rotatable bonds is 7. The summed E-state index contributed by atoms with van der Waals surface area (Å²) in [6.07, 6.45) is 3.33. The Kier molecular flexibility index (Phi) is 8.31. The maximum absolute atomic E-state index is 14.6. The topological polar surface area (TPSA) is 72.9 Å². The van der Waals surface area contributed by atoms with Gasteiger partial charge in [-0.1, -0.05) is 11.6 Å². The molecule has 1 aliphatic heterocycles. The molecule has 0 saturated carbocycles. The molecule has 1 N–H and O–H groups in total. The van der Waals surface area contributed by atoms with Gasteiger partial charge >= 0.3 is 6.09 Å². The number of carbonyl (C=O) groups is 1. The van der Waals surface area contributed by atoms with Crippen LogP contribution in [-0.4, -0.2) is 54.6 Å². The second-order valence-electron chi connectivity index (χ2n) is 7.52. The van der Waals surface area contributed by atoms with Gasteiger partial charge in [0.25, 0.3) is 0 Å². The summed E-state index contributed by atoms with van der Waals surface area (Å²) in [7, 11) is 1.43. The van der Waals surface area contributed by atoms with E-state index in [2.05, 4.69) is 10.3 Å². The number of benzene rings is 1. The van der Waals surface area contributed by atoms with Crippen molar-refractivity contribution in [2.45, 2.75) is 43.8 Å². The number of nitrogens with one attached hydrogen (secondary N) is 1. The number of nitrogens with zero attached hydrogens (tertiary/aromatic N) is 2. The van der Waals surface area contributed by atoms with E-state index >= 15 is 0 Å². The number of ether oxygens (including phenoxy) is 3. The predicted octanol–water partition coefficient (Wildman–Crippen LogP) is 5.74. The first-order valence-corrected chi connectivity index (χ1v) is 11.9. The van der Waals surface area contributed by atoms with Crippen LogP contribution in [0.15, 0.2) is 29.3 Å². The van der Waals surface area contributed by atoms with Crippen LogP contribution in [0.4, 0.5) is 20.7 Å². The molecule has 1 amide bonds. The molecule has 32 heavy (non-hydrogen) atoms. The molecule has 0 spiro atoms. The van der Waals surface area contributed by atoms with Crippen molar-refractivity contribution in [2.75, 3.05) is 31.8 Å². The molecule has 1 fully saturated rings. The predicted molar refractivity (Wildman–Crippen MR) is 124 cm³/mol. The minimum absolute atomic E-state index is 0.0231. The summed E-state index contributed by atoms with van der Waals surface area (Å²) in [5, 5.41) is 3.60. The van der Waals surface area contributed by atoms with Gasteiger partial charge in [0.1, 0.15) is 6.10 Å². The van der Waals surface area contributed by atoms with E-state index < -0.39 is 5.82 Å². The van der Waals surface area contributed by atoms with Gasteiger partial charge in [-0.2, -0.15) is 0 Å². The fraction of sp³-hybridized carbons (Fsp3) is 0.455. The molecular formula is C22H27ClFN3O4S. The quantitative estimate of drug-likeness (QED) is 0.503. The highest BCUT2D eigenvalue weighted by Crippen LogP contribution is 2.40. The lowest BCUT2D eigenvalue weighted by molar-refractivity contribution is 0.0501. The molecule has 1 aliphatic rings. The highest BCUT2D eigenvalue weighted by Gasteiger charge is 2.28. The zero-order chi connectivity index (χ0) is 23.3. The summed E-state index contributed by atoms with van der Waals surface area (Å²) in [4.78, 5) is 18.8. The van der Waals surface area contributed by atoms with Gasteiger partial charge in [0.2, 0.25) is 11.5 Å². The fourth-order valence-corrected chi connectivity index (χ4v) is 4.03. The van der Waals surface area contributed by atoms with Crippen molar-refractivity contribution >= 4 is 41.0 Å². The number of halogens is 2. The summed E-state index contributed by atoms with van der Waals surface area (Å²) in [6, 6.07) is 5.58. The molecule has 2 aromatic rings. The molecule has 0 radical (unpaired) electrons. The summed E-state index contributed by atoms with van der Waals surface area (Å²) in [5.74, 6) is -0.208. The standard InChI is InChI=1S/C22H27ClFN3O4S/c1-13(2)30-22(28)27-9-7-14(8-10-27)31-19-17(24)12-25-21(20(19)29-3)26-18-6-5-15(32-4)11-16(18)23/h5-6,11-14H,7-10H2,1-4H3,(H,25,26). The maximum atomic E-state index is 14.6. The average Bonchev–Trinajstić information content (AvgIpc) is 2.77. The van der Waals surface area contributed by atoms with Crippen molar-refractivity contribution in [3.63, 3.8) is 0 Å². The van der Waals surface area contributed by atoms with E-state index in [0.717, 1.165) is 11.1 Å². The van der Waals surface area contributed by atoms with Crippen molar-refractivity contribution in [2.24, 2.45) is 0 Å². The largest absolute Gasteiger partial charge is 0.490 e. The lowest BCUT2D eigenvalue weighted by Gasteiger charge is -2.32. The minimum atomic E-state index is -0.627. The first kappa shape index (κ1) is 24.3. The summed E-state index contributed by atoms with van der Waals surface area (Å²) in [6.45, 7) is 4.55. The van der Waals surface area contributed by atoms with Crippen LogP contribution in [0.2, 0.25) is 5.02 Å². The third kappa shape index (κ3) is 5.89. The normalized spacial score (nSPS) is 14.4. The Bertz CT molecular complexity index is 955.